The summed E-state index contributed by atoms with van der Waals surface area (Å²) in [5, 5.41) is 8.41. The molecule has 0 aromatic carbocycles. The summed E-state index contributed by atoms with van der Waals surface area (Å²) in [6.45, 7) is 2.25. The first-order chi connectivity index (χ1) is 3.85. The molecule has 0 aromatic heterocycles. The lowest BCUT2D eigenvalue weighted by Crippen LogP contribution is -2.07. The molecule has 0 aliphatic heterocycles. The van der Waals surface area contributed by atoms with Gasteiger partial charge in [0.05, 0.1) is 6.10 Å². The Morgan fingerprint density at radius 3 is 2.50 bits per heavy atom. The highest BCUT2D eigenvalue weighted by Crippen LogP contribution is 2.05. The summed E-state index contributed by atoms with van der Waals surface area (Å²) in [4.78, 5) is 0. The largest absolute Gasteiger partial charge is 0.396 e. The molecule has 0 aliphatic carbocycles. The summed E-state index contributed by atoms with van der Waals surface area (Å²) in [6.07, 6.45) is 1.91. The van der Waals surface area contributed by atoms with Gasteiger partial charge in [-0.15, -0.1) is 0 Å². The lowest BCUT2D eigenvalue weighted by atomic mass is 10.2. The Labute approximate surface area is 52.5 Å². The van der Waals surface area contributed by atoms with Crippen LogP contribution in [-0.4, -0.2) is 17.8 Å². The Kier molecular flexibility index (Phi) is 5.73. The van der Waals surface area contributed by atoms with Gasteiger partial charge in [0.1, 0.15) is 0 Å². The van der Waals surface area contributed by atoms with Gasteiger partial charge in [0.2, 0.25) is 0 Å². The van der Waals surface area contributed by atoms with Crippen LogP contribution in [0.3, 0.4) is 0 Å². The topological polar surface area (TPSA) is 29.5 Å². The van der Waals surface area contributed by atoms with E-state index in [1.807, 2.05) is 6.92 Å². The van der Waals surface area contributed by atoms with Gasteiger partial charge in [-0.25, -0.2) is 0 Å². The van der Waals surface area contributed by atoms with E-state index in [2.05, 4.69) is 9.47 Å². The first-order valence-corrected chi connectivity index (χ1v) is 3.28. The standard InChI is InChI=1S/C5H13O2P/c1-2-5(7-8)3-4-6/h5-6H,2-4,8H2,1H3. The van der Waals surface area contributed by atoms with Crippen LogP contribution in [0.15, 0.2) is 0 Å². The minimum atomic E-state index is 0.213. The SMILES string of the molecule is CCC(CCO)OP. The molecule has 2 atom stereocenters. The molecule has 0 amide bonds. The molecule has 2 unspecified atom stereocenters. The van der Waals surface area contributed by atoms with E-state index in [-0.39, 0.29) is 12.7 Å². The van der Waals surface area contributed by atoms with Crippen LogP contribution in [0, 0.1) is 0 Å². The zero-order chi connectivity index (χ0) is 6.41. The van der Waals surface area contributed by atoms with Crippen LogP contribution in [-0.2, 0) is 4.52 Å². The molecule has 0 saturated heterocycles. The second kappa shape index (κ2) is 5.49. The Bertz CT molecular complexity index is 45.7. The molecule has 0 rings (SSSR count). The molecule has 0 fully saturated rings. The first-order valence-electron chi connectivity index (χ1n) is 2.81. The van der Waals surface area contributed by atoms with E-state index in [9.17, 15) is 0 Å². The van der Waals surface area contributed by atoms with E-state index in [1.165, 1.54) is 0 Å². The van der Waals surface area contributed by atoms with Gasteiger partial charge in [0.25, 0.3) is 0 Å². The second-order valence-corrected chi connectivity index (χ2v) is 1.95. The third kappa shape index (κ3) is 3.36. The number of hydrogen-bond acceptors (Lipinski definition) is 2. The van der Waals surface area contributed by atoms with Gasteiger partial charge in [0, 0.05) is 16.1 Å². The molecular weight excluding hydrogens is 123 g/mol. The molecule has 0 aromatic rings. The summed E-state index contributed by atoms with van der Waals surface area (Å²) < 4.78 is 4.90. The van der Waals surface area contributed by atoms with E-state index in [0.717, 1.165) is 12.8 Å². The number of rotatable bonds is 4. The molecular formula is C5H13O2P. The molecule has 3 heteroatoms. The number of aliphatic hydroxyl groups excluding tert-OH is 1. The van der Waals surface area contributed by atoms with Crippen LogP contribution >= 0.6 is 9.47 Å². The zero-order valence-electron chi connectivity index (χ0n) is 5.13. The van der Waals surface area contributed by atoms with Gasteiger partial charge >= 0.3 is 0 Å². The number of hydrogen-bond donors (Lipinski definition) is 1. The fourth-order valence-electron chi connectivity index (χ4n) is 0.512. The third-order valence-corrected chi connectivity index (χ3v) is 1.48. The van der Waals surface area contributed by atoms with Crippen molar-refractivity contribution in [1.82, 2.24) is 0 Å². The van der Waals surface area contributed by atoms with Gasteiger partial charge in [0.15, 0.2) is 0 Å². The number of aliphatic hydroxyl groups is 1. The predicted octanol–water partition coefficient (Wildman–Crippen LogP) is 0.954. The Balaban J connectivity index is 3.07. The van der Waals surface area contributed by atoms with E-state index in [4.69, 9.17) is 9.63 Å². The highest BCUT2D eigenvalue weighted by molar-refractivity contribution is 7.09. The molecule has 1 N–H and O–H groups in total. The van der Waals surface area contributed by atoms with Crippen molar-refractivity contribution >= 4 is 9.47 Å². The summed E-state index contributed by atoms with van der Waals surface area (Å²) in [6, 6.07) is 0. The maximum absolute atomic E-state index is 8.41. The van der Waals surface area contributed by atoms with Crippen LogP contribution in [0.4, 0.5) is 0 Å². The van der Waals surface area contributed by atoms with Crippen molar-refractivity contribution in [1.29, 1.82) is 0 Å². The highest BCUT2D eigenvalue weighted by Gasteiger charge is 2.00. The molecule has 0 radical (unpaired) electrons. The van der Waals surface area contributed by atoms with Crippen molar-refractivity contribution in [3.63, 3.8) is 0 Å². The summed E-state index contributed by atoms with van der Waals surface area (Å²) in [5.74, 6) is 0. The van der Waals surface area contributed by atoms with Crippen molar-refractivity contribution in [2.75, 3.05) is 6.61 Å². The molecule has 8 heavy (non-hydrogen) atoms. The molecule has 0 saturated carbocycles. The monoisotopic (exact) mass is 136 g/mol. The maximum Gasteiger partial charge on any atom is 0.0630 e. The van der Waals surface area contributed by atoms with E-state index >= 15 is 0 Å². The van der Waals surface area contributed by atoms with E-state index < -0.39 is 0 Å². The second-order valence-electron chi connectivity index (χ2n) is 1.68. The summed E-state index contributed by atoms with van der Waals surface area (Å²) in [7, 11) is 2.20. The third-order valence-electron chi connectivity index (χ3n) is 1.10. The van der Waals surface area contributed by atoms with Crippen molar-refractivity contribution in [3.05, 3.63) is 0 Å². The van der Waals surface area contributed by atoms with Gasteiger partial charge < -0.3 is 9.63 Å². The Morgan fingerprint density at radius 1 is 1.75 bits per heavy atom. The fraction of sp³-hybridized carbons (Fsp3) is 1.00. The molecule has 0 bridgehead atoms. The molecule has 2 nitrogen and oxygen atoms in total. The van der Waals surface area contributed by atoms with Gasteiger partial charge in [-0.2, -0.15) is 0 Å². The summed E-state index contributed by atoms with van der Waals surface area (Å²) in [5.41, 5.74) is 0. The lowest BCUT2D eigenvalue weighted by Gasteiger charge is -2.08. The predicted molar refractivity (Wildman–Crippen MR) is 36.6 cm³/mol. The fourth-order valence-corrected chi connectivity index (χ4v) is 0.841. The molecule has 0 heterocycles. The normalized spacial score (nSPS) is 13.9. The first kappa shape index (κ1) is 8.35. The highest BCUT2D eigenvalue weighted by atomic mass is 31.0. The molecule has 50 valence electrons. The van der Waals surface area contributed by atoms with Crippen LogP contribution in [0.2, 0.25) is 0 Å². The van der Waals surface area contributed by atoms with Crippen LogP contribution < -0.4 is 0 Å². The average Bonchev–Trinajstić information content (AvgIpc) is 1.83. The van der Waals surface area contributed by atoms with Gasteiger partial charge in [-0.05, 0) is 12.8 Å². The van der Waals surface area contributed by atoms with Crippen LogP contribution in [0.25, 0.3) is 0 Å². The average molecular weight is 136 g/mol. The summed E-state index contributed by atoms with van der Waals surface area (Å²) >= 11 is 0. The van der Waals surface area contributed by atoms with Crippen molar-refractivity contribution < 1.29 is 9.63 Å². The van der Waals surface area contributed by atoms with Crippen LogP contribution in [0.5, 0.6) is 0 Å². The Hall–Kier alpha value is 0.350. The van der Waals surface area contributed by atoms with Crippen molar-refractivity contribution in [2.24, 2.45) is 0 Å². The van der Waals surface area contributed by atoms with Gasteiger partial charge in [-0.1, -0.05) is 6.92 Å². The van der Waals surface area contributed by atoms with Crippen molar-refractivity contribution in [3.8, 4) is 0 Å². The van der Waals surface area contributed by atoms with E-state index in [0.29, 0.717) is 0 Å². The zero-order valence-corrected chi connectivity index (χ0v) is 6.29. The minimum Gasteiger partial charge on any atom is -0.396 e. The van der Waals surface area contributed by atoms with Crippen molar-refractivity contribution in [2.45, 2.75) is 25.9 Å². The molecule has 0 aliphatic rings. The lowest BCUT2D eigenvalue weighted by molar-refractivity contribution is 0.173. The smallest absolute Gasteiger partial charge is 0.0630 e. The Morgan fingerprint density at radius 2 is 2.38 bits per heavy atom. The molecule has 0 spiro atoms. The van der Waals surface area contributed by atoms with Crippen LogP contribution in [0.1, 0.15) is 19.8 Å². The van der Waals surface area contributed by atoms with Gasteiger partial charge in [-0.3, -0.25) is 0 Å². The van der Waals surface area contributed by atoms with E-state index in [1.54, 1.807) is 0 Å². The minimum absolute atomic E-state index is 0.213. The maximum atomic E-state index is 8.41. The quantitative estimate of drug-likeness (QED) is 0.583.